The molecule has 4 aliphatic carbocycles. The number of nitrogens with one attached hydrogen (secondary N) is 1. The Bertz CT molecular complexity index is 993. The van der Waals surface area contributed by atoms with E-state index in [1.54, 1.807) is 5.57 Å². The molecule has 0 saturated heterocycles. The van der Waals surface area contributed by atoms with E-state index >= 15 is 0 Å². The van der Waals surface area contributed by atoms with Gasteiger partial charge in [-0.05, 0) is 79.4 Å². The Morgan fingerprint density at radius 3 is 2.79 bits per heavy atom. The van der Waals surface area contributed by atoms with Crippen LogP contribution in [0.4, 0.5) is 0 Å². The first-order valence-corrected chi connectivity index (χ1v) is 12.1. The van der Waals surface area contributed by atoms with E-state index in [1.807, 2.05) is 12.3 Å². The smallest absolute Gasteiger partial charge is 0.139 e. The van der Waals surface area contributed by atoms with Crippen molar-refractivity contribution < 1.29 is 4.79 Å². The van der Waals surface area contributed by atoms with Crippen LogP contribution in [0.5, 0.6) is 0 Å². The Kier molecular flexibility index (Phi) is 3.85. The number of thiol groups is 1. The van der Waals surface area contributed by atoms with E-state index in [4.69, 9.17) is 0 Å². The van der Waals surface area contributed by atoms with Gasteiger partial charge in [-0.1, -0.05) is 26.0 Å². The minimum Gasteiger partial charge on any atom is -0.351 e. The number of hydrogen-bond donors (Lipinski definition) is 2. The van der Waals surface area contributed by atoms with Crippen molar-refractivity contribution in [3.05, 3.63) is 52.3 Å². The van der Waals surface area contributed by atoms with Crippen molar-refractivity contribution in [3.8, 4) is 0 Å². The van der Waals surface area contributed by atoms with Gasteiger partial charge in [-0.2, -0.15) is 0 Å². The summed E-state index contributed by atoms with van der Waals surface area (Å²) in [5.74, 6) is 2.58. The second kappa shape index (κ2) is 6.16. The van der Waals surface area contributed by atoms with Crippen LogP contribution in [0.25, 0.3) is 0 Å². The third-order valence-electron chi connectivity index (χ3n) is 9.01. The van der Waals surface area contributed by atoms with Crippen molar-refractivity contribution in [2.45, 2.75) is 58.8 Å². The Morgan fingerprint density at radius 2 is 1.97 bits per heavy atom. The molecule has 2 heterocycles. The fourth-order valence-corrected chi connectivity index (χ4v) is 8.81. The number of aromatic nitrogens is 1. The highest BCUT2D eigenvalue weighted by Gasteiger charge is 2.58. The molecule has 1 aliphatic heterocycles. The van der Waals surface area contributed by atoms with E-state index in [2.05, 4.69) is 42.4 Å². The highest BCUT2D eigenvalue weighted by molar-refractivity contribution is 8.03. The van der Waals surface area contributed by atoms with Gasteiger partial charge in [0, 0.05) is 28.6 Å². The van der Waals surface area contributed by atoms with Gasteiger partial charge in [-0.15, -0.1) is 11.4 Å². The molecule has 0 radical (unpaired) electrons. The molecular formula is C25H30N2OS. The normalized spacial score (nSPS) is 40.6. The van der Waals surface area contributed by atoms with Gasteiger partial charge in [0.2, 0.25) is 0 Å². The molecule has 2 saturated carbocycles. The monoisotopic (exact) mass is 406 g/mol. The molecule has 2 fully saturated rings. The molecule has 6 rings (SSSR count). The molecule has 3 nitrogen and oxygen atoms in total. The van der Waals surface area contributed by atoms with Crippen molar-refractivity contribution in [2.75, 3.05) is 0 Å². The average Bonchev–Trinajstić information content (AvgIpc) is 3.29. The first kappa shape index (κ1) is 18.1. The van der Waals surface area contributed by atoms with Gasteiger partial charge >= 0.3 is 0 Å². The molecule has 4 heteroatoms. The summed E-state index contributed by atoms with van der Waals surface area (Å²) >= 11 is 1.29. The molecular weight excluding hydrogens is 376 g/mol. The summed E-state index contributed by atoms with van der Waals surface area (Å²) in [5.41, 5.74) is 4.33. The van der Waals surface area contributed by atoms with Crippen molar-refractivity contribution >= 4 is 22.1 Å². The largest absolute Gasteiger partial charge is 0.351 e. The minimum absolute atomic E-state index is 0.0327. The first-order chi connectivity index (χ1) is 14.0. The van der Waals surface area contributed by atoms with Gasteiger partial charge in [0.05, 0.1) is 10.7 Å². The molecule has 0 spiro atoms. The Balaban J connectivity index is 1.37. The van der Waals surface area contributed by atoms with Gasteiger partial charge in [0.25, 0.3) is 0 Å². The summed E-state index contributed by atoms with van der Waals surface area (Å²) in [6.07, 6.45) is 12.3. The number of hydrogen-bond acceptors (Lipinski definition) is 3. The summed E-state index contributed by atoms with van der Waals surface area (Å²) in [5, 5.41) is 3.72. The van der Waals surface area contributed by atoms with E-state index < -0.39 is 0 Å². The van der Waals surface area contributed by atoms with Crippen LogP contribution in [0, 0.1) is 28.6 Å². The van der Waals surface area contributed by atoms with Gasteiger partial charge in [0.1, 0.15) is 5.78 Å². The van der Waals surface area contributed by atoms with Crippen LogP contribution in [0.2, 0.25) is 0 Å². The summed E-state index contributed by atoms with van der Waals surface area (Å²) in [6.45, 7) is 4.81. The van der Waals surface area contributed by atoms with E-state index in [0.717, 1.165) is 43.7 Å². The van der Waals surface area contributed by atoms with Crippen LogP contribution in [0.3, 0.4) is 0 Å². The Morgan fingerprint density at radius 1 is 1.10 bits per heavy atom. The summed E-state index contributed by atoms with van der Waals surface area (Å²) in [4.78, 5) is 20.0. The van der Waals surface area contributed by atoms with Crippen LogP contribution in [0.1, 0.15) is 64.5 Å². The third kappa shape index (κ3) is 2.41. The second-order valence-corrected chi connectivity index (χ2v) is 11.3. The lowest BCUT2D eigenvalue weighted by atomic mass is 9.48. The van der Waals surface area contributed by atoms with E-state index in [0.29, 0.717) is 17.6 Å². The molecule has 5 aliphatic rings. The molecule has 0 amide bonds. The predicted molar refractivity (Wildman–Crippen MR) is 120 cm³/mol. The zero-order valence-electron chi connectivity index (χ0n) is 17.4. The summed E-state index contributed by atoms with van der Waals surface area (Å²) in [6, 6.07) is 6.16. The quantitative estimate of drug-likeness (QED) is 0.510. The van der Waals surface area contributed by atoms with Crippen molar-refractivity contribution in [2.24, 2.45) is 28.6 Å². The fraction of sp³-hybridized carbons (Fsp3) is 0.560. The van der Waals surface area contributed by atoms with Gasteiger partial charge < -0.3 is 5.32 Å². The first-order valence-electron chi connectivity index (χ1n) is 11.3. The van der Waals surface area contributed by atoms with Crippen LogP contribution >= 0.6 is 11.4 Å². The van der Waals surface area contributed by atoms with Crippen molar-refractivity contribution in [3.63, 3.8) is 0 Å². The van der Waals surface area contributed by atoms with E-state index in [-0.39, 0.29) is 10.8 Å². The van der Waals surface area contributed by atoms with Gasteiger partial charge in [-0.3, -0.25) is 9.78 Å². The lowest BCUT2D eigenvalue weighted by molar-refractivity contribution is -0.131. The maximum Gasteiger partial charge on any atom is 0.139 e. The number of nitrogens with zero attached hydrogens (tertiary/aromatic N) is 1. The predicted octanol–water partition coefficient (Wildman–Crippen LogP) is 4.98. The number of rotatable bonds is 1. The number of fused-ring (bicyclic) bond motifs is 6. The molecule has 152 valence electrons. The summed E-state index contributed by atoms with van der Waals surface area (Å²) < 4.78 is 0. The lowest BCUT2D eigenvalue weighted by Gasteiger charge is -2.56. The van der Waals surface area contributed by atoms with Gasteiger partial charge in [-0.25, -0.2) is 0 Å². The lowest BCUT2D eigenvalue weighted by Crippen LogP contribution is -2.49. The van der Waals surface area contributed by atoms with E-state index in [1.165, 1.54) is 39.8 Å². The molecule has 0 bridgehead atoms. The number of ketones is 1. The minimum atomic E-state index is -0.0327. The highest BCUT2D eigenvalue weighted by atomic mass is 32.1. The fourth-order valence-electron chi connectivity index (χ4n) is 7.37. The van der Waals surface area contributed by atoms with Crippen LogP contribution in [-0.4, -0.2) is 15.8 Å². The number of carbonyl (C=O) groups is 1. The molecule has 1 aromatic rings. The topological polar surface area (TPSA) is 42.0 Å². The summed E-state index contributed by atoms with van der Waals surface area (Å²) in [7, 11) is 0. The number of pyridine rings is 1. The average molecular weight is 407 g/mol. The molecule has 0 aromatic carbocycles. The molecule has 1 aromatic heterocycles. The van der Waals surface area contributed by atoms with Gasteiger partial charge in [0.15, 0.2) is 0 Å². The zero-order valence-corrected chi connectivity index (χ0v) is 18.3. The van der Waals surface area contributed by atoms with Crippen LogP contribution < -0.4 is 5.32 Å². The molecule has 5 atom stereocenters. The molecule has 0 unspecified atom stereocenters. The number of Topliss-reactive ketones (excluding diaryl/α,β-unsaturated/α-hetero) is 1. The SMILES string of the molecule is C[C@]12CCC3=C([SH]=C(c4ccccn4)N3)C1=CC[C@@H]1[C@@H]2CC[C@]2(C)C(=O)CC[C@@H]12. The third-order valence-corrected chi connectivity index (χ3v) is 10.3. The Hall–Kier alpha value is -1.68. The molecule has 29 heavy (non-hydrogen) atoms. The maximum absolute atomic E-state index is 12.6. The molecule has 1 N–H and O–H groups in total. The standard InChI is InChI=1S/C25H30N2OS/c1-24-13-11-19-22(29-23(27-19)20-5-3-4-14-26-20)18(24)7-6-15-16-8-9-21(28)25(16,2)12-10-17(15)24/h3-5,7,14-17,27,29H,6,8-13H2,1-2H3/t15-,16-,17-,24+,25-/m0/s1. The van der Waals surface area contributed by atoms with E-state index in [9.17, 15) is 4.79 Å². The highest BCUT2D eigenvalue weighted by Crippen LogP contribution is 2.65. The van der Waals surface area contributed by atoms with Crippen molar-refractivity contribution in [1.82, 2.24) is 10.3 Å². The van der Waals surface area contributed by atoms with Crippen LogP contribution in [0.15, 0.2) is 46.6 Å². The number of carbonyl (C=O) groups excluding carboxylic acids is 1. The van der Waals surface area contributed by atoms with Crippen LogP contribution in [-0.2, 0) is 4.79 Å². The zero-order chi connectivity index (χ0) is 19.8. The second-order valence-electron chi connectivity index (χ2n) is 10.2. The number of allylic oxidation sites excluding steroid dienone is 3. The Labute approximate surface area is 177 Å². The van der Waals surface area contributed by atoms with Crippen molar-refractivity contribution in [1.29, 1.82) is 0 Å². The maximum atomic E-state index is 12.6.